The van der Waals surface area contributed by atoms with Crippen LogP contribution in [0.2, 0.25) is 5.02 Å². The maximum Gasteiger partial charge on any atom is 0.274 e. The Balaban J connectivity index is 1.87. The molecule has 0 atom stereocenters. The third kappa shape index (κ3) is 3.32. The second-order valence-corrected chi connectivity index (χ2v) is 6.07. The molecule has 0 saturated heterocycles. The SMILES string of the molecule is Cc1c(/C=N\NC(=O)c2ccccc2Cl)n(C)n(-c2ccccc2)c1=O. The van der Waals surface area contributed by atoms with Gasteiger partial charge in [0.05, 0.1) is 28.2 Å². The van der Waals surface area contributed by atoms with Crippen molar-refractivity contribution in [1.82, 2.24) is 14.8 Å². The van der Waals surface area contributed by atoms with Crippen LogP contribution in [0.5, 0.6) is 0 Å². The van der Waals surface area contributed by atoms with E-state index in [9.17, 15) is 9.59 Å². The topological polar surface area (TPSA) is 68.4 Å². The fraction of sp³-hybridized carbons (Fsp3) is 0.105. The molecule has 26 heavy (non-hydrogen) atoms. The third-order valence-corrected chi connectivity index (χ3v) is 4.35. The number of carbonyl (C=O) groups excluding carboxylic acids is 1. The van der Waals surface area contributed by atoms with E-state index in [1.807, 2.05) is 30.3 Å². The van der Waals surface area contributed by atoms with Gasteiger partial charge >= 0.3 is 0 Å². The average molecular weight is 369 g/mol. The van der Waals surface area contributed by atoms with Gasteiger partial charge in [-0.3, -0.25) is 14.3 Å². The number of para-hydroxylation sites is 1. The Morgan fingerprint density at radius 3 is 2.46 bits per heavy atom. The first-order valence-electron chi connectivity index (χ1n) is 7.92. The van der Waals surface area contributed by atoms with E-state index in [4.69, 9.17) is 11.6 Å². The van der Waals surface area contributed by atoms with Gasteiger partial charge in [0.1, 0.15) is 0 Å². The van der Waals surface area contributed by atoms with Gasteiger partial charge in [-0.15, -0.1) is 0 Å². The third-order valence-electron chi connectivity index (χ3n) is 4.02. The summed E-state index contributed by atoms with van der Waals surface area (Å²) < 4.78 is 3.24. The Labute approximate surface area is 155 Å². The summed E-state index contributed by atoms with van der Waals surface area (Å²) in [6, 6.07) is 16.0. The summed E-state index contributed by atoms with van der Waals surface area (Å²) in [5.74, 6) is -0.419. The van der Waals surface area contributed by atoms with E-state index in [2.05, 4.69) is 10.5 Å². The zero-order valence-electron chi connectivity index (χ0n) is 14.3. The molecule has 1 aromatic heterocycles. The van der Waals surface area contributed by atoms with Crippen LogP contribution in [-0.4, -0.2) is 21.5 Å². The number of benzene rings is 2. The van der Waals surface area contributed by atoms with Crippen LogP contribution in [-0.2, 0) is 7.05 Å². The van der Waals surface area contributed by atoms with Crippen LogP contribution in [0, 0.1) is 6.92 Å². The minimum atomic E-state index is -0.419. The van der Waals surface area contributed by atoms with E-state index < -0.39 is 5.91 Å². The normalized spacial score (nSPS) is 11.0. The number of carbonyl (C=O) groups is 1. The molecule has 0 aliphatic heterocycles. The van der Waals surface area contributed by atoms with Gasteiger partial charge in [-0.05, 0) is 31.2 Å². The molecule has 132 valence electrons. The Morgan fingerprint density at radius 1 is 1.12 bits per heavy atom. The van der Waals surface area contributed by atoms with Crippen molar-refractivity contribution < 1.29 is 4.79 Å². The summed E-state index contributed by atoms with van der Waals surface area (Å²) in [5, 5.41) is 4.32. The fourth-order valence-corrected chi connectivity index (χ4v) is 2.87. The van der Waals surface area contributed by atoms with Crippen molar-refractivity contribution in [2.45, 2.75) is 6.92 Å². The zero-order valence-corrected chi connectivity index (χ0v) is 15.1. The number of hydrazone groups is 1. The maximum atomic E-state index is 12.5. The minimum absolute atomic E-state index is 0.141. The van der Waals surface area contributed by atoms with Crippen molar-refractivity contribution in [1.29, 1.82) is 0 Å². The van der Waals surface area contributed by atoms with Gasteiger partial charge in [0.2, 0.25) is 0 Å². The predicted octanol–water partition coefficient (Wildman–Crippen LogP) is 2.90. The smallest absolute Gasteiger partial charge is 0.274 e. The van der Waals surface area contributed by atoms with Gasteiger partial charge in [-0.1, -0.05) is 41.9 Å². The van der Waals surface area contributed by atoms with Gasteiger partial charge in [-0.25, -0.2) is 10.1 Å². The van der Waals surface area contributed by atoms with Gasteiger partial charge in [0, 0.05) is 12.6 Å². The Kier molecular flexibility index (Phi) is 5.04. The van der Waals surface area contributed by atoms with Crippen molar-refractivity contribution in [3.8, 4) is 5.69 Å². The second-order valence-electron chi connectivity index (χ2n) is 5.67. The highest BCUT2D eigenvalue weighted by atomic mass is 35.5. The van der Waals surface area contributed by atoms with Crippen LogP contribution >= 0.6 is 11.6 Å². The van der Waals surface area contributed by atoms with Crippen LogP contribution in [0.25, 0.3) is 5.69 Å². The standard InChI is InChI=1S/C19H17ClN4O2/c1-13-17(12-21-22-18(25)15-10-6-7-11-16(15)20)23(2)24(19(13)26)14-8-4-3-5-9-14/h3-12H,1-2H3,(H,22,25)/b21-12-. The predicted molar refractivity (Wildman–Crippen MR) is 102 cm³/mol. The molecule has 0 aliphatic rings. The number of amides is 1. The molecule has 2 aromatic carbocycles. The molecule has 6 nitrogen and oxygen atoms in total. The van der Waals surface area contributed by atoms with Gasteiger partial charge < -0.3 is 0 Å². The van der Waals surface area contributed by atoms with Crippen LogP contribution in [0.15, 0.2) is 64.5 Å². The average Bonchev–Trinajstić information content (AvgIpc) is 2.86. The molecule has 1 heterocycles. The molecule has 1 N–H and O–H groups in total. The Hall–Kier alpha value is -3.12. The molecule has 3 rings (SSSR count). The van der Waals surface area contributed by atoms with Crippen molar-refractivity contribution in [3.05, 3.63) is 86.8 Å². The highest BCUT2D eigenvalue weighted by Gasteiger charge is 2.14. The van der Waals surface area contributed by atoms with E-state index >= 15 is 0 Å². The molecule has 0 fully saturated rings. The van der Waals surface area contributed by atoms with Crippen molar-refractivity contribution in [2.24, 2.45) is 12.1 Å². The Morgan fingerprint density at radius 2 is 1.77 bits per heavy atom. The summed E-state index contributed by atoms with van der Waals surface area (Å²) in [6.45, 7) is 1.72. The molecular weight excluding hydrogens is 352 g/mol. The molecule has 1 amide bonds. The van der Waals surface area contributed by atoms with Crippen molar-refractivity contribution in [3.63, 3.8) is 0 Å². The lowest BCUT2D eigenvalue weighted by Crippen LogP contribution is -2.20. The number of hydrogen-bond acceptors (Lipinski definition) is 3. The highest BCUT2D eigenvalue weighted by Crippen LogP contribution is 2.14. The van der Waals surface area contributed by atoms with Crippen molar-refractivity contribution >= 4 is 23.7 Å². The molecule has 0 radical (unpaired) electrons. The molecule has 0 aliphatic carbocycles. The number of nitrogens with one attached hydrogen (secondary N) is 1. The molecule has 0 spiro atoms. The Bertz CT molecular complexity index is 1040. The molecule has 0 saturated carbocycles. The first-order chi connectivity index (χ1) is 12.5. The lowest BCUT2D eigenvalue weighted by atomic mass is 10.2. The molecule has 3 aromatic rings. The zero-order chi connectivity index (χ0) is 18.7. The summed E-state index contributed by atoms with van der Waals surface area (Å²) in [5.41, 5.74) is 4.51. The molecule has 0 unspecified atom stereocenters. The number of aromatic nitrogens is 2. The first kappa shape index (κ1) is 17.7. The maximum absolute atomic E-state index is 12.5. The number of halogens is 1. The quantitative estimate of drug-likeness (QED) is 0.568. The highest BCUT2D eigenvalue weighted by molar-refractivity contribution is 6.33. The lowest BCUT2D eigenvalue weighted by molar-refractivity contribution is 0.0955. The van der Waals surface area contributed by atoms with Gasteiger partial charge in [0.15, 0.2) is 0 Å². The summed E-state index contributed by atoms with van der Waals surface area (Å²) in [4.78, 5) is 24.7. The first-order valence-corrected chi connectivity index (χ1v) is 8.30. The van der Waals surface area contributed by atoms with Gasteiger partial charge in [0.25, 0.3) is 11.5 Å². The fourth-order valence-electron chi connectivity index (χ4n) is 2.65. The van der Waals surface area contributed by atoms with Crippen LogP contribution in [0.3, 0.4) is 0 Å². The summed E-state index contributed by atoms with van der Waals surface area (Å²) in [6.07, 6.45) is 1.45. The minimum Gasteiger partial charge on any atom is -0.279 e. The van der Waals surface area contributed by atoms with E-state index in [0.29, 0.717) is 21.8 Å². The van der Waals surface area contributed by atoms with Crippen LogP contribution in [0.1, 0.15) is 21.6 Å². The summed E-state index contributed by atoms with van der Waals surface area (Å²) in [7, 11) is 1.76. The number of hydrogen-bond donors (Lipinski definition) is 1. The van der Waals surface area contributed by atoms with Crippen molar-refractivity contribution in [2.75, 3.05) is 0 Å². The number of rotatable bonds is 4. The monoisotopic (exact) mass is 368 g/mol. The van der Waals surface area contributed by atoms with Gasteiger partial charge in [-0.2, -0.15) is 5.10 Å². The molecule has 0 bridgehead atoms. The van der Waals surface area contributed by atoms with Crippen LogP contribution in [0.4, 0.5) is 0 Å². The molecular formula is C19H17ClN4O2. The molecule has 7 heteroatoms. The summed E-state index contributed by atoms with van der Waals surface area (Å²) >= 11 is 6.00. The van der Waals surface area contributed by atoms with E-state index in [-0.39, 0.29) is 5.56 Å². The lowest BCUT2D eigenvalue weighted by Gasteiger charge is -2.08. The van der Waals surface area contributed by atoms with E-state index in [1.54, 1.807) is 47.6 Å². The second kappa shape index (κ2) is 7.41. The largest absolute Gasteiger partial charge is 0.279 e. The van der Waals surface area contributed by atoms with Crippen LogP contribution < -0.4 is 11.0 Å². The van der Waals surface area contributed by atoms with E-state index in [1.165, 1.54) is 6.21 Å². The number of nitrogens with zero attached hydrogens (tertiary/aromatic N) is 3. The van der Waals surface area contributed by atoms with E-state index in [0.717, 1.165) is 5.69 Å².